The zero-order valence-corrected chi connectivity index (χ0v) is 17.4. The number of benzene rings is 1. The van der Waals surface area contributed by atoms with Gasteiger partial charge in [0.15, 0.2) is 6.61 Å². The van der Waals surface area contributed by atoms with E-state index in [1.165, 1.54) is 25.0 Å². The Morgan fingerprint density at radius 3 is 2.81 bits per heavy atom. The molecule has 1 aromatic carbocycles. The molecule has 1 fully saturated rings. The molecule has 0 aliphatic carbocycles. The summed E-state index contributed by atoms with van der Waals surface area (Å²) in [6, 6.07) is 4.59. The van der Waals surface area contributed by atoms with Crippen molar-refractivity contribution >= 4 is 29.3 Å². The largest absolute Gasteiger partial charge is 0.467 e. The number of hydrogen-bond acceptors (Lipinski definition) is 8. The number of cyclic esters (lactones) is 1. The molecule has 10 nitrogen and oxygen atoms in total. The summed E-state index contributed by atoms with van der Waals surface area (Å²) < 4.78 is 24.5. The van der Waals surface area contributed by atoms with Crippen LogP contribution < -0.4 is 20.6 Å². The predicted molar refractivity (Wildman–Crippen MR) is 109 cm³/mol. The first kappa shape index (κ1) is 22.3. The normalized spacial score (nSPS) is 18.4. The van der Waals surface area contributed by atoms with Gasteiger partial charge in [0.05, 0.1) is 31.6 Å². The van der Waals surface area contributed by atoms with Gasteiger partial charge in [-0.15, -0.1) is 0 Å². The molecule has 0 bridgehead atoms. The van der Waals surface area contributed by atoms with E-state index in [-0.39, 0.29) is 25.6 Å². The van der Waals surface area contributed by atoms with Crippen molar-refractivity contribution in [2.24, 2.45) is 0 Å². The molecule has 2 aliphatic heterocycles. The van der Waals surface area contributed by atoms with Crippen LogP contribution in [0.1, 0.15) is 13.3 Å². The van der Waals surface area contributed by atoms with Crippen LogP contribution in [0.25, 0.3) is 0 Å². The molecule has 0 spiro atoms. The fourth-order valence-electron chi connectivity index (χ4n) is 3.24. The van der Waals surface area contributed by atoms with Crippen LogP contribution in [0.3, 0.4) is 0 Å². The Morgan fingerprint density at radius 1 is 1.35 bits per heavy atom. The molecule has 0 radical (unpaired) electrons. The number of nitrogens with zero attached hydrogens (tertiary/aromatic N) is 2. The molecule has 168 valence electrons. The summed E-state index contributed by atoms with van der Waals surface area (Å²) in [6.07, 6.45) is 1.36. The molecule has 0 aromatic heterocycles. The van der Waals surface area contributed by atoms with Gasteiger partial charge in [-0.1, -0.05) is 0 Å². The molecule has 0 saturated carbocycles. The van der Waals surface area contributed by atoms with Crippen molar-refractivity contribution in [2.75, 3.05) is 49.7 Å². The number of ether oxygens (including phenoxy) is 2. The number of anilines is 2. The van der Waals surface area contributed by atoms with E-state index >= 15 is 0 Å². The van der Waals surface area contributed by atoms with Gasteiger partial charge < -0.3 is 19.7 Å². The van der Waals surface area contributed by atoms with Crippen molar-refractivity contribution in [3.63, 3.8) is 0 Å². The van der Waals surface area contributed by atoms with Crippen molar-refractivity contribution in [1.82, 2.24) is 10.8 Å². The quantitative estimate of drug-likeness (QED) is 0.460. The van der Waals surface area contributed by atoms with Crippen LogP contribution in [-0.4, -0.2) is 64.0 Å². The van der Waals surface area contributed by atoms with Crippen LogP contribution in [0, 0.1) is 5.82 Å². The van der Waals surface area contributed by atoms with E-state index in [4.69, 9.17) is 9.57 Å². The molecule has 2 N–H and O–H groups in total. The van der Waals surface area contributed by atoms with E-state index < -0.39 is 24.0 Å². The van der Waals surface area contributed by atoms with E-state index in [1.807, 2.05) is 11.0 Å². The van der Waals surface area contributed by atoms with Gasteiger partial charge in [0.2, 0.25) is 5.91 Å². The van der Waals surface area contributed by atoms with Crippen molar-refractivity contribution < 1.29 is 33.1 Å². The summed E-state index contributed by atoms with van der Waals surface area (Å²) in [7, 11) is 1.28. The van der Waals surface area contributed by atoms with Gasteiger partial charge in [-0.3, -0.25) is 20.0 Å². The standard InChI is InChI=1S/C20H25FN4O6/c1-13(26)22-10-16-11-25(20(28)31-16)15-3-4-18(17(21)9-15)24-7-5-14(6-8-24)23-30-12-19(27)29-2/h3-5,9,16,23H,6-8,10-12H2,1-2H3,(H,22,26). The van der Waals surface area contributed by atoms with Crippen LogP contribution >= 0.6 is 0 Å². The van der Waals surface area contributed by atoms with E-state index in [0.29, 0.717) is 30.9 Å². The highest BCUT2D eigenvalue weighted by Gasteiger charge is 2.33. The Balaban J connectivity index is 1.57. The number of nitrogens with one attached hydrogen (secondary N) is 2. The van der Waals surface area contributed by atoms with Gasteiger partial charge in [0, 0.05) is 32.1 Å². The number of methoxy groups -OCH3 is 1. The highest BCUT2D eigenvalue weighted by molar-refractivity contribution is 5.90. The molecular formula is C20H25FN4O6. The van der Waals surface area contributed by atoms with Crippen LogP contribution in [0.2, 0.25) is 0 Å². The maximum Gasteiger partial charge on any atom is 0.414 e. The Morgan fingerprint density at radius 2 is 2.16 bits per heavy atom. The number of hydroxylamine groups is 1. The summed E-state index contributed by atoms with van der Waals surface area (Å²) >= 11 is 0. The van der Waals surface area contributed by atoms with Crippen LogP contribution in [0.4, 0.5) is 20.6 Å². The Labute approximate surface area is 178 Å². The molecule has 1 atom stereocenters. The number of hydrogen-bond donors (Lipinski definition) is 2. The van der Waals surface area contributed by atoms with E-state index in [2.05, 4.69) is 15.5 Å². The summed E-state index contributed by atoms with van der Waals surface area (Å²) in [4.78, 5) is 42.4. The number of esters is 1. The summed E-state index contributed by atoms with van der Waals surface area (Å²) in [5.41, 5.74) is 4.30. The SMILES string of the molecule is COC(=O)CONC1=CCN(c2ccc(N3CC(CNC(C)=O)OC3=O)cc2F)CC1. The number of rotatable bonds is 8. The molecule has 1 aromatic rings. The molecule has 2 aliphatic rings. The molecule has 2 heterocycles. The second-order valence-electron chi connectivity index (χ2n) is 7.08. The lowest BCUT2D eigenvalue weighted by Crippen LogP contribution is -2.34. The topological polar surface area (TPSA) is 109 Å². The number of carbonyl (C=O) groups excluding carboxylic acids is 3. The molecule has 2 amide bonds. The lowest BCUT2D eigenvalue weighted by atomic mass is 10.1. The third-order valence-corrected chi connectivity index (χ3v) is 4.87. The third kappa shape index (κ3) is 5.85. The zero-order valence-electron chi connectivity index (χ0n) is 17.4. The molecular weight excluding hydrogens is 411 g/mol. The Bertz CT molecular complexity index is 877. The van der Waals surface area contributed by atoms with Gasteiger partial charge in [-0.2, -0.15) is 0 Å². The molecule has 1 unspecified atom stereocenters. The highest BCUT2D eigenvalue weighted by Crippen LogP contribution is 2.29. The Hall–Kier alpha value is -3.34. The van der Waals surface area contributed by atoms with E-state index in [1.54, 1.807) is 12.1 Å². The van der Waals surface area contributed by atoms with Crippen molar-refractivity contribution in [2.45, 2.75) is 19.4 Å². The minimum absolute atomic E-state index is 0.206. The molecule has 11 heteroatoms. The summed E-state index contributed by atoms with van der Waals surface area (Å²) in [6.45, 7) is 2.60. The van der Waals surface area contributed by atoms with Gasteiger partial charge >= 0.3 is 12.1 Å². The minimum atomic E-state index is -0.578. The van der Waals surface area contributed by atoms with Crippen molar-refractivity contribution in [1.29, 1.82) is 0 Å². The first-order valence-electron chi connectivity index (χ1n) is 9.78. The second-order valence-corrected chi connectivity index (χ2v) is 7.08. The van der Waals surface area contributed by atoms with E-state index in [9.17, 15) is 18.8 Å². The van der Waals surface area contributed by atoms with Crippen LogP contribution in [0.5, 0.6) is 0 Å². The fourth-order valence-corrected chi connectivity index (χ4v) is 3.24. The maximum atomic E-state index is 14.8. The monoisotopic (exact) mass is 436 g/mol. The molecule has 3 rings (SSSR count). The third-order valence-electron chi connectivity index (χ3n) is 4.87. The van der Waals surface area contributed by atoms with Gasteiger partial charge in [0.1, 0.15) is 11.9 Å². The Kier molecular flexibility index (Phi) is 7.29. The van der Waals surface area contributed by atoms with Crippen molar-refractivity contribution in [3.05, 3.63) is 35.8 Å². The van der Waals surface area contributed by atoms with Crippen molar-refractivity contribution in [3.8, 4) is 0 Å². The smallest absolute Gasteiger partial charge is 0.414 e. The first-order valence-corrected chi connectivity index (χ1v) is 9.78. The summed E-state index contributed by atoms with van der Waals surface area (Å²) in [5.74, 6) is -1.16. The zero-order chi connectivity index (χ0) is 22.4. The fraction of sp³-hybridized carbons (Fsp3) is 0.450. The number of carbonyl (C=O) groups is 3. The van der Waals surface area contributed by atoms with Gasteiger partial charge in [0.25, 0.3) is 0 Å². The highest BCUT2D eigenvalue weighted by atomic mass is 19.1. The number of halogens is 1. The lowest BCUT2D eigenvalue weighted by molar-refractivity contribution is -0.148. The number of amides is 2. The average Bonchev–Trinajstić information content (AvgIpc) is 3.13. The lowest BCUT2D eigenvalue weighted by Gasteiger charge is -2.29. The second kappa shape index (κ2) is 10.1. The minimum Gasteiger partial charge on any atom is -0.467 e. The average molecular weight is 436 g/mol. The van der Waals surface area contributed by atoms with Gasteiger partial charge in [-0.05, 0) is 24.3 Å². The first-order chi connectivity index (χ1) is 14.9. The van der Waals surface area contributed by atoms with Crippen LogP contribution in [0.15, 0.2) is 30.0 Å². The maximum absolute atomic E-state index is 14.8. The predicted octanol–water partition coefficient (Wildman–Crippen LogP) is 1.08. The summed E-state index contributed by atoms with van der Waals surface area (Å²) in [5, 5.41) is 2.60. The molecule has 31 heavy (non-hydrogen) atoms. The van der Waals surface area contributed by atoms with E-state index in [0.717, 1.165) is 5.70 Å². The van der Waals surface area contributed by atoms with Crippen LogP contribution in [-0.2, 0) is 23.9 Å². The molecule has 1 saturated heterocycles. The van der Waals surface area contributed by atoms with Gasteiger partial charge in [-0.25, -0.2) is 14.0 Å².